The van der Waals surface area contributed by atoms with Gasteiger partial charge in [-0.1, -0.05) is 6.07 Å². The number of hydrogen-bond donors (Lipinski definition) is 6. The number of amides is 3. The van der Waals surface area contributed by atoms with Gasteiger partial charge in [0.05, 0.1) is 6.17 Å². The van der Waals surface area contributed by atoms with Gasteiger partial charge in [-0.05, 0) is 49.6 Å². The fourth-order valence-corrected chi connectivity index (χ4v) is 3.68. The minimum absolute atomic E-state index is 0.0164. The molecular formula is C20H33N7O2. The monoisotopic (exact) mass is 403 g/mol. The molecule has 6 N–H and O–H groups in total. The predicted molar refractivity (Wildman–Crippen MR) is 113 cm³/mol. The molecular weight excluding hydrogens is 370 g/mol. The van der Waals surface area contributed by atoms with E-state index in [0.29, 0.717) is 13.0 Å². The number of benzene rings is 1. The van der Waals surface area contributed by atoms with Crippen molar-refractivity contribution < 1.29 is 9.59 Å². The minimum Gasteiger partial charge on any atom is -0.349 e. The Morgan fingerprint density at radius 2 is 2.03 bits per heavy atom. The summed E-state index contributed by atoms with van der Waals surface area (Å²) in [6, 6.07) is 6.00. The number of nitrogens with zero attached hydrogens (tertiary/aromatic N) is 1. The molecule has 9 heteroatoms. The highest BCUT2D eigenvalue weighted by Gasteiger charge is 2.26. The van der Waals surface area contributed by atoms with Gasteiger partial charge in [0.15, 0.2) is 0 Å². The Morgan fingerprint density at radius 1 is 1.21 bits per heavy atom. The average molecular weight is 404 g/mol. The van der Waals surface area contributed by atoms with Crippen molar-refractivity contribution in [2.75, 3.05) is 32.5 Å². The summed E-state index contributed by atoms with van der Waals surface area (Å²) in [5.74, 6) is 0.0920. The Labute approximate surface area is 172 Å². The number of urea groups is 1. The van der Waals surface area contributed by atoms with Crippen molar-refractivity contribution >= 4 is 17.6 Å². The fraction of sp³-hybridized carbons (Fsp3) is 0.600. The van der Waals surface area contributed by atoms with Crippen molar-refractivity contribution in [2.45, 2.75) is 51.2 Å². The van der Waals surface area contributed by atoms with Crippen LogP contribution in [0.3, 0.4) is 0 Å². The van der Waals surface area contributed by atoms with E-state index in [0.717, 1.165) is 31.6 Å². The zero-order chi connectivity index (χ0) is 20.8. The van der Waals surface area contributed by atoms with E-state index < -0.39 is 0 Å². The SMILES string of the molecule is CC1CC(NCCC(=O)N(C)C)NC(NC(=O)Nc2ccc3c(c2)CCNC3)N1. The molecule has 1 fully saturated rings. The molecule has 0 spiro atoms. The molecule has 3 rings (SSSR count). The normalized spacial score (nSPS) is 23.8. The second-order valence-corrected chi connectivity index (χ2v) is 7.96. The maximum absolute atomic E-state index is 12.5. The molecule has 1 aromatic carbocycles. The average Bonchev–Trinajstić information content (AvgIpc) is 2.67. The van der Waals surface area contributed by atoms with E-state index in [1.54, 1.807) is 19.0 Å². The van der Waals surface area contributed by atoms with Crippen LogP contribution in [-0.4, -0.2) is 62.5 Å². The van der Waals surface area contributed by atoms with Crippen LogP contribution in [0.5, 0.6) is 0 Å². The van der Waals surface area contributed by atoms with E-state index in [9.17, 15) is 9.59 Å². The number of carbonyl (C=O) groups excluding carboxylic acids is 2. The van der Waals surface area contributed by atoms with Gasteiger partial charge in [0, 0.05) is 45.3 Å². The summed E-state index contributed by atoms with van der Waals surface area (Å²) in [5, 5.41) is 19.2. The van der Waals surface area contributed by atoms with Crippen LogP contribution in [0.15, 0.2) is 18.2 Å². The topological polar surface area (TPSA) is 110 Å². The van der Waals surface area contributed by atoms with Crippen molar-refractivity contribution in [3.63, 3.8) is 0 Å². The molecule has 2 heterocycles. The van der Waals surface area contributed by atoms with Gasteiger partial charge in [0.2, 0.25) is 5.91 Å². The molecule has 0 bridgehead atoms. The lowest BCUT2D eigenvalue weighted by atomic mass is 10.0. The molecule has 3 amide bonds. The first-order chi connectivity index (χ1) is 13.9. The highest BCUT2D eigenvalue weighted by atomic mass is 16.2. The minimum atomic E-state index is -0.359. The second kappa shape index (κ2) is 10.0. The van der Waals surface area contributed by atoms with Crippen molar-refractivity contribution in [1.82, 2.24) is 31.5 Å². The van der Waals surface area contributed by atoms with Crippen LogP contribution >= 0.6 is 0 Å². The van der Waals surface area contributed by atoms with Gasteiger partial charge in [-0.2, -0.15) is 0 Å². The lowest BCUT2D eigenvalue weighted by Crippen LogP contribution is -2.67. The highest BCUT2D eigenvalue weighted by Crippen LogP contribution is 2.19. The first-order valence-electron chi connectivity index (χ1n) is 10.3. The molecule has 0 radical (unpaired) electrons. The zero-order valence-electron chi connectivity index (χ0n) is 17.5. The van der Waals surface area contributed by atoms with E-state index in [4.69, 9.17) is 0 Å². The Kier molecular flexibility index (Phi) is 7.43. The third-order valence-electron chi connectivity index (χ3n) is 5.26. The van der Waals surface area contributed by atoms with Crippen LogP contribution in [0.4, 0.5) is 10.5 Å². The quantitative estimate of drug-likeness (QED) is 0.402. The molecule has 3 atom stereocenters. The molecule has 1 aromatic rings. The van der Waals surface area contributed by atoms with Gasteiger partial charge in [0.1, 0.15) is 6.29 Å². The highest BCUT2D eigenvalue weighted by molar-refractivity contribution is 5.89. The number of anilines is 1. The standard InChI is InChI=1S/C20H33N7O2/c1-13-10-17(22-9-7-18(28)27(2)3)25-19(23-13)26-20(29)24-16-5-4-15-12-21-8-6-14(15)11-16/h4-5,11,13,17,19,21-23,25H,6-10,12H2,1-3H3,(H2,24,26,29). The van der Waals surface area contributed by atoms with Crippen LogP contribution in [-0.2, 0) is 17.8 Å². The van der Waals surface area contributed by atoms with E-state index in [1.807, 2.05) is 12.1 Å². The fourth-order valence-electron chi connectivity index (χ4n) is 3.68. The van der Waals surface area contributed by atoms with E-state index >= 15 is 0 Å². The Hall–Kier alpha value is -2.20. The largest absolute Gasteiger partial charge is 0.349 e. The smallest absolute Gasteiger partial charge is 0.321 e. The van der Waals surface area contributed by atoms with Gasteiger partial charge in [-0.25, -0.2) is 4.79 Å². The van der Waals surface area contributed by atoms with Crippen LogP contribution in [0.2, 0.25) is 0 Å². The summed E-state index contributed by atoms with van der Waals surface area (Å²) in [6.07, 6.45) is 1.93. The summed E-state index contributed by atoms with van der Waals surface area (Å²) in [6.45, 7) is 4.50. The summed E-state index contributed by atoms with van der Waals surface area (Å²) < 4.78 is 0. The maximum atomic E-state index is 12.5. The predicted octanol–water partition coefficient (Wildman–Crippen LogP) is 0.103. The maximum Gasteiger partial charge on any atom is 0.321 e. The van der Waals surface area contributed by atoms with Crippen molar-refractivity contribution in [3.05, 3.63) is 29.3 Å². The lowest BCUT2D eigenvalue weighted by molar-refractivity contribution is -0.128. The molecule has 0 aromatic heterocycles. The summed E-state index contributed by atoms with van der Waals surface area (Å²) in [7, 11) is 3.51. The molecule has 1 saturated heterocycles. The first kappa shape index (κ1) is 21.5. The van der Waals surface area contributed by atoms with Crippen molar-refractivity contribution in [3.8, 4) is 0 Å². The van der Waals surface area contributed by atoms with Crippen molar-refractivity contribution in [1.29, 1.82) is 0 Å². The van der Waals surface area contributed by atoms with Gasteiger partial charge >= 0.3 is 6.03 Å². The number of rotatable bonds is 6. The number of carbonyl (C=O) groups is 2. The van der Waals surface area contributed by atoms with E-state index in [-0.39, 0.29) is 30.4 Å². The second-order valence-electron chi connectivity index (χ2n) is 7.96. The molecule has 2 aliphatic rings. The lowest BCUT2D eigenvalue weighted by Gasteiger charge is -2.36. The summed E-state index contributed by atoms with van der Waals surface area (Å²) >= 11 is 0. The van der Waals surface area contributed by atoms with Crippen LogP contribution in [0.1, 0.15) is 30.9 Å². The Bertz CT molecular complexity index is 725. The number of nitrogens with one attached hydrogen (secondary N) is 6. The van der Waals surface area contributed by atoms with Gasteiger partial charge < -0.3 is 26.2 Å². The Morgan fingerprint density at radius 3 is 2.83 bits per heavy atom. The molecule has 0 aliphatic carbocycles. The molecule has 0 saturated carbocycles. The Balaban J connectivity index is 1.47. The molecule has 29 heavy (non-hydrogen) atoms. The van der Waals surface area contributed by atoms with Crippen LogP contribution in [0.25, 0.3) is 0 Å². The molecule has 160 valence electrons. The number of fused-ring (bicyclic) bond motifs is 1. The summed E-state index contributed by atoms with van der Waals surface area (Å²) in [4.78, 5) is 25.8. The van der Waals surface area contributed by atoms with Crippen LogP contribution < -0.4 is 31.9 Å². The zero-order valence-corrected chi connectivity index (χ0v) is 17.5. The first-order valence-corrected chi connectivity index (χ1v) is 10.3. The summed E-state index contributed by atoms with van der Waals surface area (Å²) in [5.41, 5.74) is 3.36. The van der Waals surface area contributed by atoms with Crippen LogP contribution in [0, 0.1) is 0 Å². The van der Waals surface area contributed by atoms with Gasteiger partial charge in [-0.15, -0.1) is 0 Å². The van der Waals surface area contributed by atoms with E-state index in [2.05, 4.69) is 44.9 Å². The third-order valence-corrected chi connectivity index (χ3v) is 5.26. The van der Waals surface area contributed by atoms with Gasteiger partial charge in [-0.3, -0.25) is 15.4 Å². The molecule has 9 nitrogen and oxygen atoms in total. The number of hydrogen-bond acceptors (Lipinski definition) is 6. The third kappa shape index (κ3) is 6.40. The van der Waals surface area contributed by atoms with Gasteiger partial charge in [0.25, 0.3) is 0 Å². The molecule has 2 aliphatic heterocycles. The molecule has 3 unspecified atom stereocenters. The van der Waals surface area contributed by atoms with E-state index in [1.165, 1.54) is 11.1 Å². The van der Waals surface area contributed by atoms with Crippen molar-refractivity contribution in [2.24, 2.45) is 0 Å².